The van der Waals surface area contributed by atoms with Crippen LogP contribution in [0.4, 0.5) is 0 Å². The molecule has 14 heavy (non-hydrogen) atoms. The van der Waals surface area contributed by atoms with Crippen molar-refractivity contribution < 1.29 is 0 Å². The van der Waals surface area contributed by atoms with E-state index in [1.54, 1.807) is 11.3 Å². The first-order valence-corrected chi connectivity index (χ1v) is 6.37. The largest absolute Gasteiger partial charge is 0.326 e. The van der Waals surface area contributed by atoms with Gasteiger partial charge in [-0.15, -0.1) is 11.3 Å². The molecule has 0 unspecified atom stereocenters. The minimum atomic E-state index is -0.0664. The van der Waals surface area contributed by atoms with Crippen LogP contribution in [0.5, 0.6) is 0 Å². The van der Waals surface area contributed by atoms with Gasteiger partial charge in [0.05, 0.1) is 0 Å². The van der Waals surface area contributed by atoms with Crippen molar-refractivity contribution in [2.75, 3.05) is 6.54 Å². The summed E-state index contributed by atoms with van der Waals surface area (Å²) in [6.07, 6.45) is 1.000. The number of nitrogens with two attached hydrogens (primary N) is 1. The van der Waals surface area contributed by atoms with Gasteiger partial charge in [0.25, 0.3) is 0 Å². The first-order chi connectivity index (χ1) is 6.47. The number of hydrogen-bond donors (Lipinski definition) is 2. The van der Waals surface area contributed by atoms with Crippen LogP contribution in [0.2, 0.25) is 0 Å². The average Bonchev–Trinajstić information content (AvgIpc) is 2.44. The van der Waals surface area contributed by atoms with Gasteiger partial charge in [0.1, 0.15) is 0 Å². The van der Waals surface area contributed by atoms with Crippen LogP contribution in [0.25, 0.3) is 0 Å². The lowest BCUT2D eigenvalue weighted by molar-refractivity contribution is 0.455. The fourth-order valence-corrected chi connectivity index (χ4v) is 2.49. The summed E-state index contributed by atoms with van der Waals surface area (Å²) >= 11 is 5.20. The van der Waals surface area contributed by atoms with Gasteiger partial charge >= 0.3 is 0 Å². The third-order valence-corrected chi connectivity index (χ3v) is 3.56. The van der Waals surface area contributed by atoms with E-state index in [4.69, 9.17) is 5.73 Å². The molecule has 1 aromatic rings. The van der Waals surface area contributed by atoms with Crippen molar-refractivity contribution in [1.29, 1.82) is 0 Å². The molecule has 0 aliphatic heterocycles. The third-order valence-electron chi connectivity index (χ3n) is 1.87. The zero-order valence-electron chi connectivity index (χ0n) is 8.64. The molecular weight excluding hydrogens is 260 g/mol. The molecule has 1 heterocycles. The van der Waals surface area contributed by atoms with E-state index in [-0.39, 0.29) is 5.54 Å². The molecule has 0 saturated carbocycles. The summed E-state index contributed by atoms with van der Waals surface area (Å²) in [5.41, 5.74) is 5.81. The summed E-state index contributed by atoms with van der Waals surface area (Å²) in [5.74, 6) is 0. The third kappa shape index (κ3) is 5.10. The molecule has 1 rings (SSSR count). The topological polar surface area (TPSA) is 38.0 Å². The molecule has 4 heteroatoms. The van der Waals surface area contributed by atoms with E-state index in [0.29, 0.717) is 0 Å². The molecule has 0 fully saturated rings. The molecule has 0 bridgehead atoms. The summed E-state index contributed by atoms with van der Waals surface area (Å²) in [5, 5.41) is 5.48. The van der Waals surface area contributed by atoms with E-state index < -0.39 is 0 Å². The summed E-state index contributed by atoms with van der Waals surface area (Å²) in [4.78, 5) is 1.35. The van der Waals surface area contributed by atoms with Crippen molar-refractivity contribution in [2.24, 2.45) is 5.73 Å². The highest BCUT2D eigenvalue weighted by molar-refractivity contribution is 9.10. The van der Waals surface area contributed by atoms with Crippen LogP contribution in [0.1, 0.15) is 25.1 Å². The van der Waals surface area contributed by atoms with Gasteiger partial charge in [-0.2, -0.15) is 0 Å². The maximum absolute atomic E-state index is 5.87. The van der Waals surface area contributed by atoms with Crippen molar-refractivity contribution >= 4 is 27.3 Å². The van der Waals surface area contributed by atoms with E-state index in [1.165, 1.54) is 9.35 Å². The van der Waals surface area contributed by atoms with Gasteiger partial charge in [-0.25, -0.2) is 0 Å². The SMILES string of the molecule is CC(C)(N)CCNCc1cc(Br)cs1. The highest BCUT2D eigenvalue weighted by atomic mass is 79.9. The van der Waals surface area contributed by atoms with E-state index >= 15 is 0 Å². The summed E-state index contributed by atoms with van der Waals surface area (Å²) in [6.45, 7) is 6.01. The van der Waals surface area contributed by atoms with Crippen molar-refractivity contribution in [3.05, 3.63) is 20.8 Å². The van der Waals surface area contributed by atoms with Gasteiger partial charge in [-0.3, -0.25) is 0 Å². The van der Waals surface area contributed by atoms with Crippen LogP contribution in [0.15, 0.2) is 15.9 Å². The van der Waals surface area contributed by atoms with Crippen LogP contribution >= 0.6 is 27.3 Å². The monoisotopic (exact) mass is 276 g/mol. The Bertz CT molecular complexity index is 278. The normalized spacial score (nSPS) is 12.0. The summed E-state index contributed by atoms with van der Waals surface area (Å²) in [7, 11) is 0. The molecule has 80 valence electrons. The van der Waals surface area contributed by atoms with Crippen LogP contribution in [-0.2, 0) is 6.54 Å². The number of rotatable bonds is 5. The maximum atomic E-state index is 5.87. The molecule has 0 spiro atoms. The van der Waals surface area contributed by atoms with Crippen LogP contribution in [-0.4, -0.2) is 12.1 Å². The molecule has 0 saturated heterocycles. The van der Waals surface area contributed by atoms with Gasteiger partial charge < -0.3 is 11.1 Å². The highest BCUT2D eigenvalue weighted by Gasteiger charge is 2.09. The van der Waals surface area contributed by atoms with Gasteiger partial charge in [0.15, 0.2) is 0 Å². The van der Waals surface area contributed by atoms with Crippen molar-refractivity contribution in [3.8, 4) is 0 Å². The Hall–Kier alpha value is 0.1000. The molecule has 2 nitrogen and oxygen atoms in total. The number of nitrogens with one attached hydrogen (secondary N) is 1. The van der Waals surface area contributed by atoms with Crippen molar-refractivity contribution in [3.63, 3.8) is 0 Å². The molecule has 0 aromatic carbocycles. The zero-order valence-corrected chi connectivity index (χ0v) is 11.0. The number of thiophene rings is 1. The van der Waals surface area contributed by atoms with Gasteiger partial charge in [-0.1, -0.05) is 0 Å². The second-order valence-corrected chi connectivity index (χ2v) is 6.06. The average molecular weight is 277 g/mol. The Morgan fingerprint density at radius 2 is 2.29 bits per heavy atom. The lowest BCUT2D eigenvalue weighted by atomic mass is 10.0. The van der Waals surface area contributed by atoms with E-state index in [0.717, 1.165) is 19.5 Å². The fourth-order valence-electron chi connectivity index (χ4n) is 1.07. The Kier molecular flexibility index (Phi) is 4.57. The van der Waals surface area contributed by atoms with Crippen LogP contribution < -0.4 is 11.1 Å². The quantitative estimate of drug-likeness (QED) is 0.812. The smallest absolute Gasteiger partial charge is 0.0300 e. The predicted octanol–water partition coefficient (Wildman–Crippen LogP) is 2.73. The van der Waals surface area contributed by atoms with E-state index in [1.807, 2.05) is 0 Å². The lowest BCUT2D eigenvalue weighted by Crippen LogP contribution is -2.35. The highest BCUT2D eigenvalue weighted by Crippen LogP contribution is 2.19. The molecule has 3 N–H and O–H groups in total. The van der Waals surface area contributed by atoms with Gasteiger partial charge in [0.2, 0.25) is 0 Å². The van der Waals surface area contributed by atoms with Gasteiger partial charge in [-0.05, 0) is 48.8 Å². The second kappa shape index (κ2) is 5.26. The molecular formula is C10H17BrN2S. The Morgan fingerprint density at radius 1 is 1.57 bits per heavy atom. The second-order valence-electron chi connectivity index (χ2n) is 4.15. The zero-order chi connectivity index (χ0) is 10.6. The number of hydrogen-bond acceptors (Lipinski definition) is 3. The van der Waals surface area contributed by atoms with Crippen molar-refractivity contribution in [1.82, 2.24) is 5.32 Å². The fraction of sp³-hybridized carbons (Fsp3) is 0.600. The number of halogens is 1. The predicted molar refractivity (Wildman–Crippen MR) is 66.6 cm³/mol. The maximum Gasteiger partial charge on any atom is 0.0300 e. The molecule has 0 aliphatic rings. The first kappa shape index (κ1) is 12.2. The standard InChI is InChI=1S/C10H17BrN2S/c1-10(2,12)3-4-13-6-9-5-8(11)7-14-9/h5,7,13H,3-4,6,12H2,1-2H3. The Labute approximate surface area is 98.0 Å². The molecule has 1 aromatic heterocycles. The van der Waals surface area contributed by atoms with Gasteiger partial charge in [0, 0.05) is 26.8 Å². The lowest BCUT2D eigenvalue weighted by Gasteiger charge is -2.18. The molecule has 0 radical (unpaired) electrons. The minimum absolute atomic E-state index is 0.0664. The molecule has 0 atom stereocenters. The van der Waals surface area contributed by atoms with Crippen LogP contribution in [0.3, 0.4) is 0 Å². The Morgan fingerprint density at radius 3 is 2.79 bits per heavy atom. The Balaban J connectivity index is 2.16. The molecule has 0 amide bonds. The summed E-state index contributed by atoms with van der Waals surface area (Å²) < 4.78 is 1.17. The van der Waals surface area contributed by atoms with Crippen LogP contribution in [0, 0.1) is 0 Å². The summed E-state index contributed by atoms with van der Waals surface area (Å²) in [6, 6.07) is 2.14. The first-order valence-electron chi connectivity index (χ1n) is 4.70. The molecule has 0 aliphatic carbocycles. The van der Waals surface area contributed by atoms with E-state index in [9.17, 15) is 0 Å². The minimum Gasteiger partial charge on any atom is -0.326 e. The van der Waals surface area contributed by atoms with Crippen molar-refractivity contribution in [2.45, 2.75) is 32.4 Å². The van der Waals surface area contributed by atoms with E-state index in [2.05, 4.69) is 46.5 Å².